The van der Waals surface area contributed by atoms with E-state index in [4.69, 9.17) is 18.0 Å². The van der Waals surface area contributed by atoms with Crippen LogP contribution in [0.1, 0.15) is 182 Å². The molecule has 60 heavy (non-hydrogen) atoms. The van der Waals surface area contributed by atoms with E-state index >= 15 is 0 Å². The summed E-state index contributed by atoms with van der Waals surface area (Å²) in [6.45, 7) is 37.8. The molecule has 0 N–H and O–H groups in total. The number of hydrogen-bond donors (Lipinski definition) is 0. The van der Waals surface area contributed by atoms with Crippen LogP contribution in [0.3, 0.4) is 0 Å². The lowest BCUT2D eigenvalue weighted by molar-refractivity contribution is -0.115. The molecule has 0 radical (unpaired) electrons. The number of ether oxygens (including phenoxy) is 1. The largest absolute Gasteiger partial charge is 0.417 e. The summed E-state index contributed by atoms with van der Waals surface area (Å²) >= 11 is 0. The maximum Gasteiger partial charge on any atom is 0.191 e. The predicted molar refractivity (Wildman–Crippen MR) is 267 cm³/mol. The van der Waals surface area contributed by atoms with Gasteiger partial charge in [-0.2, -0.15) is 0 Å². The van der Waals surface area contributed by atoms with Crippen LogP contribution in [-0.4, -0.2) is 62.9 Å². The minimum Gasteiger partial charge on any atom is -0.417 e. The van der Waals surface area contributed by atoms with E-state index in [9.17, 15) is 9.59 Å². The van der Waals surface area contributed by atoms with Gasteiger partial charge in [0, 0.05) is 39.3 Å². The number of rotatable bonds is 32. The fourth-order valence-electron chi connectivity index (χ4n) is 5.89. The Balaban J connectivity index is 2.59. The summed E-state index contributed by atoms with van der Waals surface area (Å²) in [5.74, 6) is 0.219. The molecular weight excluding hydrogens is 793 g/mol. The van der Waals surface area contributed by atoms with Crippen molar-refractivity contribution in [2.45, 2.75) is 226 Å². The van der Waals surface area contributed by atoms with Crippen LogP contribution in [0, 0.1) is 0 Å². The fourth-order valence-corrected chi connectivity index (χ4v) is 9.15. The number of carbonyl (C=O) groups is 2. The topological polar surface area (TPSA) is 71.1 Å². The number of carbonyl (C=O) groups excluding carboxylic acids is 2. The molecule has 0 saturated heterocycles. The van der Waals surface area contributed by atoms with E-state index in [-0.39, 0.29) is 21.6 Å². The quantitative estimate of drug-likeness (QED) is 0.0408. The maximum absolute atomic E-state index is 12.9. The molecule has 0 saturated carbocycles. The maximum atomic E-state index is 12.9. The molecule has 0 atom stereocenters. The lowest BCUT2D eigenvalue weighted by atomic mass is 10.0. The molecule has 0 aliphatic carbocycles. The molecule has 1 rings (SSSR count). The monoisotopic (exact) mass is 887 g/mol. The van der Waals surface area contributed by atoms with Gasteiger partial charge >= 0.3 is 0 Å². The third-order valence-electron chi connectivity index (χ3n) is 13.4. The summed E-state index contributed by atoms with van der Waals surface area (Å²) in [7, 11) is -5.15. The van der Waals surface area contributed by atoms with Gasteiger partial charge in [-0.25, -0.2) is 0 Å². The van der Waals surface area contributed by atoms with Crippen molar-refractivity contribution < 1.29 is 27.6 Å². The Labute approximate surface area is 374 Å². The van der Waals surface area contributed by atoms with E-state index in [1.165, 1.54) is 57.8 Å². The van der Waals surface area contributed by atoms with Gasteiger partial charge in [0.25, 0.3) is 0 Å². The van der Waals surface area contributed by atoms with Crippen molar-refractivity contribution in [3.05, 3.63) is 47.0 Å². The normalized spacial score (nSPS) is 13.6. The minimum absolute atomic E-state index is 0.109. The van der Waals surface area contributed by atoms with E-state index in [2.05, 4.69) is 114 Å². The van der Waals surface area contributed by atoms with E-state index in [0.29, 0.717) is 37.7 Å². The summed E-state index contributed by atoms with van der Waals surface area (Å²) in [4.78, 5) is 25.8. The predicted octanol–water partition coefficient (Wildman–Crippen LogP) is 15.7. The van der Waals surface area contributed by atoms with E-state index in [1.54, 1.807) is 12.2 Å². The molecule has 9 heteroatoms. The van der Waals surface area contributed by atoms with Crippen LogP contribution in [0.25, 0.3) is 12.2 Å². The molecule has 1 aromatic rings. The van der Waals surface area contributed by atoms with Gasteiger partial charge in [0.2, 0.25) is 0 Å². The van der Waals surface area contributed by atoms with Gasteiger partial charge in [-0.05, 0) is 128 Å². The molecule has 346 valence electrons. The number of hydrogen-bond acceptors (Lipinski definition) is 6. The number of unbranched alkanes of at least 4 members (excludes halogenated alkanes) is 11. The van der Waals surface area contributed by atoms with Crippen molar-refractivity contribution in [2.75, 3.05) is 26.4 Å². The van der Waals surface area contributed by atoms with Gasteiger partial charge in [-0.1, -0.05) is 138 Å². The summed E-state index contributed by atoms with van der Waals surface area (Å²) in [6, 6.07) is 6.22. The van der Waals surface area contributed by atoms with E-state index in [1.807, 2.05) is 18.2 Å². The highest BCUT2D eigenvalue weighted by Gasteiger charge is 2.38. The first kappa shape index (κ1) is 56.5. The third kappa shape index (κ3) is 23.8. The van der Waals surface area contributed by atoms with Crippen molar-refractivity contribution in [1.29, 1.82) is 0 Å². The van der Waals surface area contributed by atoms with Crippen LogP contribution in [0.5, 0.6) is 0 Å². The Morgan fingerprint density at radius 3 is 1.18 bits per heavy atom. The van der Waals surface area contributed by atoms with Crippen LogP contribution >= 0.6 is 0 Å². The van der Waals surface area contributed by atoms with Gasteiger partial charge in [0.05, 0.1) is 6.61 Å². The average molecular weight is 888 g/mol. The Kier molecular flexibility index (Phi) is 26.1. The Hall–Kier alpha value is -1.47. The summed E-state index contributed by atoms with van der Waals surface area (Å²) in [6.07, 6.45) is 24.2. The highest BCUT2D eigenvalue weighted by molar-refractivity contribution is 6.74. The highest BCUT2D eigenvalue weighted by Crippen LogP contribution is 2.38. The van der Waals surface area contributed by atoms with Gasteiger partial charge in [0.1, 0.15) is 0 Å². The summed E-state index contributed by atoms with van der Waals surface area (Å²) in [5.41, 5.74) is 2.93. The summed E-state index contributed by atoms with van der Waals surface area (Å²) in [5, 5.41) is 0.663. The minimum atomic E-state index is -1.78. The van der Waals surface area contributed by atoms with E-state index < -0.39 is 25.0 Å². The second-order valence-corrected chi connectivity index (χ2v) is 36.3. The molecule has 0 bridgehead atoms. The first-order valence-electron chi connectivity index (χ1n) is 23.8. The van der Waals surface area contributed by atoms with Gasteiger partial charge < -0.3 is 18.0 Å². The summed E-state index contributed by atoms with van der Waals surface area (Å²) < 4.78 is 25.0. The number of benzene rings is 1. The smallest absolute Gasteiger partial charge is 0.191 e. The Morgan fingerprint density at radius 1 is 0.467 bits per heavy atom. The number of ketones is 2. The van der Waals surface area contributed by atoms with Gasteiger partial charge in [-0.3, -0.25) is 9.59 Å². The van der Waals surface area contributed by atoms with Crippen molar-refractivity contribution in [1.82, 2.24) is 0 Å². The zero-order valence-corrected chi connectivity index (χ0v) is 44.8. The molecule has 0 heterocycles. The van der Waals surface area contributed by atoms with Crippen molar-refractivity contribution in [2.24, 2.45) is 0 Å². The van der Waals surface area contributed by atoms with Crippen LogP contribution in [0.2, 0.25) is 54.4 Å². The standard InChI is InChI=1S/C51H94O6Si3/c1-49(2,3)58(10,11)55-39-27-23-21-19-17-16-18-20-22-26-38-54-43-44-32-33-45(34-36-47(52)30-24-28-40-56-59(12,13)50(4,5)6)46(42-44)35-37-48(53)31-25-29-41-57-60(14,15)51(7,8)9/h32-37,42H,16-31,38-41,43H2,1-15H3/b36-34+,37-35+. The fraction of sp³-hybridized carbons (Fsp3) is 0.765. The van der Waals surface area contributed by atoms with Crippen LogP contribution < -0.4 is 0 Å². The molecule has 6 nitrogen and oxygen atoms in total. The molecular formula is C51H94O6Si3. The van der Waals surface area contributed by atoms with Crippen molar-refractivity contribution >= 4 is 48.7 Å². The van der Waals surface area contributed by atoms with Crippen molar-refractivity contribution in [3.8, 4) is 0 Å². The molecule has 0 spiro atoms. The molecule has 0 aromatic heterocycles. The SMILES string of the molecule is CC(C)(C)[Si](C)(C)OCCCCCCCCCCCCOCc1ccc(/C=C/C(=O)CCCCO[Si](C)(C)C(C)(C)C)c(/C=C/C(=O)CCCCO[Si](C)(C)C(C)(C)C)c1. The zero-order valence-electron chi connectivity index (χ0n) is 41.8. The van der Waals surface area contributed by atoms with Crippen LogP contribution in [-0.2, 0) is 34.2 Å². The lowest BCUT2D eigenvalue weighted by Crippen LogP contribution is -2.40. The van der Waals surface area contributed by atoms with E-state index in [0.717, 1.165) is 62.0 Å². The van der Waals surface area contributed by atoms with Crippen molar-refractivity contribution in [3.63, 3.8) is 0 Å². The third-order valence-corrected chi connectivity index (χ3v) is 27.1. The molecule has 0 aliphatic heterocycles. The second kappa shape index (κ2) is 27.7. The molecule has 1 aromatic carbocycles. The highest BCUT2D eigenvalue weighted by atomic mass is 28.4. The number of allylic oxidation sites excluding steroid dienone is 2. The van der Waals surface area contributed by atoms with Crippen LogP contribution in [0.15, 0.2) is 30.4 Å². The molecule has 0 amide bonds. The lowest BCUT2D eigenvalue weighted by Gasteiger charge is -2.36. The molecule has 0 fully saturated rings. The molecule has 0 aliphatic rings. The first-order valence-corrected chi connectivity index (χ1v) is 32.6. The zero-order chi connectivity index (χ0) is 45.5. The van der Waals surface area contributed by atoms with Crippen LogP contribution in [0.4, 0.5) is 0 Å². The van der Waals surface area contributed by atoms with Gasteiger partial charge in [0.15, 0.2) is 36.5 Å². The molecule has 0 unspecified atom stereocenters. The second-order valence-electron chi connectivity index (χ2n) is 21.9. The first-order chi connectivity index (χ1) is 27.8. The average Bonchev–Trinajstić information content (AvgIpc) is 3.13. The Bertz CT molecular complexity index is 1430. The Morgan fingerprint density at radius 2 is 0.800 bits per heavy atom. The van der Waals surface area contributed by atoms with Gasteiger partial charge in [-0.15, -0.1) is 0 Å².